The molecule has 3 aromatic rings. The van der Waals surface area contributed by atoms with E-state index in [0.717, 1.165) is 5.56 Å². The van der Waals surface area contributed by atoms with E-state index in [1.165, 1.54) is 28.8 Å². The van der Waals surface area contributed by atoms with Gasteiger partial charge in [0.1, 0.15) is 29.5 Å². The third-order valence-corrected chi connectivity index (χ3v) is 8.30. The Hall–Kier alpha value is -3.37. The smallest absolute Gasteiger partial charge is 0.352 e. The van der Waals surface area contributed by atoms with E-state index < -0.39 is 23.3 Å². The maximum absolute atomic E-state index is 13.0. The van der Waals surface area contributed by atoms with Crippen molar-refractivity contribution in [2.24, 2.45) is 0 Å². The normalized spacial score (nSPS) is 18.1. The third kappa shape index (κ3) is 6.02. The molecule has 2 heterocycles. The number of rotatable bonds is 9. The first-order valence-corrected chi connectivity index (χ1v) is 14.2. The van der Waals surface area contributed by atoms with Crippen LogP contribution in [0.15, 0.2) is 78.0 Å². The van der Waals surface area contributed by atoms with Crippen LogP contribution in [0.2, 0.25) is 15.1 Å². The summed E-state index contributed by atoms with van der Waals surface area (Å²) in [6.45, 7) is -0.138. The molecular formula is C28H21Cl3N2O6S. The molecule has 2 aliphatic heterocycles. The van der Waals surface area contributed by atoms with Gasteiger partial charge >= 0.3 is 5.97 Å². The minimum atomic E-state index is -1.26. The van der Waals surface area contributed by atoms with Gasteiger partial charge in [-0.3, -0.25) is 14.5 Å². The van der Waals surface area contributed by atoms with Crippen molar-refractivity contribution < 1.29 is 29.0 Å². The predicted molar refractivity (Wildman–Crippen MR) is 153 cm³/mol. The topological polar surface area (TPSA) is 105 Å². The van der Waals surface area contributed by atoms with Crippen LogP contribution in [0.5, 0.6) is 17.2 Å². The minimum absolute atomic E-state index is 0.119. The van der Waals surface area contributed by atoms with E-state index in [0.29, 0.717) is 32.1 Å². The molecule has 3 aromatic carbocycles. The van der Waals surface area contributed by atoms with Crippen molar-refractivity contribution >= 4 is 64.3 Å². The molecule has 2 amide bonds. The average molecular weight is 620 g/mol. The van der Waals surface area contributed by atoms with Gasteiger partial charge in [0, 0.05) is 27.4 Å². The fraction of sp³-hybridized carbons (Fsp3) is 0.179. The molecule has 40 heavy (non-hydrogen) atoms. The molecule has 0 aliphatic carbocycles. The summed E-state index contributed by atoms with van der Waals surface area (Å²) in [5, 5.41) is 13.3. The number of thioether (sulfide) groups is 1. The van der Waals surface area contributed by atoms with Gasteiger partial charge in [-0.25, -0.2) is 4.79 Å². The molecule has 0 unspecified atom stereocenters. The van der Waals surface area contributed by atoms with Gasteiger partial charge in [0.15, 0.2) is 11.5 Å². The first-order valence-electron chi connectivity index (χ1n) is 12.0. The van der Waals surface area contributed by atoms with Gasteiger partial charge in [0.25, 0.3) is 5.91 Å². The monoisotopic (exact) mass is 618 g/mol. The summed E-state index contributed by atoms with van der Waals surface area (Å²) in [5.41, 5.74) is 1.05. The molecule has 1 fully saturated rings. The van der Waals surface area contributed by atoms with Gasteiger partial charge in [-0.15, -0.1) is 11.8 Å². The van der Waals surface area contributed by atoms with E-state index >= 15 is 0 Å². The number of fused-ring (bicyclic) bond motifs is 1. The Morgan fingerprint density at radius 3 is 2.38 bits per heavy atom. The summed E-state index contributed by atoms with van der Waals surface area (Å²) in [6, 6.07) is 17.9. The Bertz CT molecular complexity index is 1520. The van der Waals surface area contributed by atoms with E-state index in [1.54, 1.807) is 24.3 Å². The molecule has 5 rings (SSSR count). The number of carbonyl (C=O) groups is 3. The Kier molecular flexibility index (Phi) is 8.46. The zero-order valence-corrected chi connectivity index (χ0v) is 23.7. The zero-order valence-electron chi connectivity index (χ0n) is 20.6. The highest BCUT2D eigenvalue weighted by atomic mass is 35.5. The number of hydrogen-bond donors (Lipinski definition) is 2. The van der Waals surface area contributed by atoms with E-state index in [4.69, 9.17) is 44.3 Å². The lowest BCUT2D eigenvalue weighted by atomic mass is 10.0. The highest BCUT2D eigenvalue weighted by Gasteiger charge is 2.54. The number of nitrogens with one attached hydrogen (secondary N) is 1. The van der Waals surface area contributed by atoms with Crippen molar-refractivity contribution in [3.63, 3.8) is 0 Å². The first-order chi connectivity index (χ1) is 19.2. The molecule has 8 nitrogen and oxygen atoms in total. The fourth-order valence-electron chi connectivity index (χ4n) is 4.32. The summed E-state index contributed by atoms with van der Waals surface area (Å²) in [5.74, 6) is -0.890. The number of aliphatic carboxylic acids is 1. The number of carboxylic acids is 1. The van der Waals surface area contributed by atoms with Crippen LogP contribution in [0, 0.1) is 0 Å². The van der Waals surface area contributed by atoms with Crippen LogP contribution >= 0.6 is 46.6 Å². The van der Waals surface area contributed by atoms with Gasteiger partial charge in [-0.1, -0.05) is 65.1 Å². The minimum Gasteiger partial charge on any atom is -0.485 e. The quantitative estimate of drug-likeness (QED) is 0.292. The van der Waals surface area contributed by atoms with E-state index in [1.807, 2.05) is 30.3 Å². The van der Waals surface area contributed by atoms with Crippen LogP contribution in [0.3, 0.4) is 0 Å². The number of nitrogens with zero attached hydrogens (tertiary/aromatic N) is 1. The number of carboxylic acid groups (broad SMARTS) is 1. The maximum atomic E-state index is 13.0. The second kappa shape index (κ2) is 12.0. The molecule has 0 bridgehead atoms. The van der Waals surface area contributed by atoms with Crippen molar-refractivity contribution in [2.75, 3.05) is 12.4 Å². The van der Waals surface area contributed by atoms with Crippen molar-refractivity contribution in [3.8, 4) is 17.2 Å². The molecular weight excluding hydrogens is 599 g/mol. The molecule has 2 N–H and O–H groups in total. The second-order valence-corrected chi connectivity index (χ2v) is 11.3. The second-order valence-electron chi connectivity index (χ2n) is 8.93. The standard InChI is InChI=1S/C28H21Cl3N2O6S/c29-17-6-8-20(19(31)11-17)39-21-9-7-18(30)12-22(21)38-13-16-14-40-27-24(26(35)33(27)25(16)28(36)37)32-23(34)10-15-4-2-1-3-5-15/h1-9,11-12,24,27H,10,13-14H2,(H,32,34)(H,36,37)/t24-,27-/m1/s1. The molecule has 0 radical (unpaired) electrons. The Morgan fingerprint density at radius 2 is 1.68 bits per heavy atom. The van der Waals surface area contributed by atoms with Crippen molar-refractivity contribution in [3.05, 3.63) is 98.6 Å². The van der Waals surface area contributed by atoms with Gasteiger partial charge in [0.05, 0.1) is 11.4 Å². The third-order valence-electron chi connectivity index (χ3n) is 6.20. The summed E-state index contributed by atoms with van der Waals surface area (Å²) in [4.78, 5) is 38.9. The van der Waals surface area contributed by atoms with Crippen molar-refractivity contribution in [1.82, 2.24) is 10.2 Å². The molecule has 0 spiro atoms. The SMILES string of the molecule is O=C(Cc1ccccc1)N[C@@H]1C(=O)N2C(C(=O)O)=C(COc3cc(Cl)ccc3Oc3ccc(Cl)cc3Cl)CS[C@H]12. The van der Waals surface area contributed by atoms with E-state index in [2.05, 4.69) is 5.32 Å². The van der Waals surface area contributed by atoms with Crippen LogP contribution in [0.1, 0.15) is 5.56 Å². The number of amides is 2. The highest BCUT2D eigenvalue weighted by Crippen LogP contribution is 2.42. The van der Waals surface area contributed by atoms with Gasteiger partial charge in [-0.05, 0) is 35.9 Å². The number of halogens is 3. The van der Waals surface area contributed by atoms with Gasteiger partial charge < -0.3 is 19.9 Å². The molecule has 0 saturated carbocycles. The average Bonchev–Trinajstić information content (AvgIpc) is 2.93. The summed E-state index contributed by atoms with van der Waals surface area (Å²) in [7, 11) is 0. The molecule has 2 atom stereocenters. The summed E-state index contributed by atoms with van der Waals surface area (Å²) in [6.07, 6.45) is 0.119. The predicted octanol–water partition coefficient (Wildman–Crippen LogP) is 5.80. The van der Waals surface area contributed by atoms with E-state index in [9.17, 15) is 19.5 Å². The lowest BCUT2D eigenvalue weighted by Crippen LogP contribution is -2.70. The number of β-lactam (4-membered cyclic amide) rings is 1. The van der Waals surface area contributed by atoms with E-state index in [-0.39, 0.29) is 36.1 Å². The zero-order chi connectivity index (χ0) is 28.4. The highest BCUT2D eigenvalue weighted by molar-refractivity contribution is 8.00. The number of hydrogen-bond acceptors (Lipinski definition) is 6. The summed E-state index contributed by atoms with van der Waals surface area (Å²) < 4.78 is 11.9. The fourth-order valence-corrected chi connectivity index (χ4v) is 6.26. The lowest BCUT2D eigenvalue weighted by molar-refractivity contribution is -0.150. The Morgan fingerprint density at radius 1 is 0.975 bits per heavy atom. The van der Waals surface area contributed by atoms with Crippen LogP contribution < -0.4 is 14.8 Å². The largest absolute Gasteiger partial charge is 0.485 e. The van der Waals surface area contributed by atoms with Crippen molar-refractivity contribution in [1.29, 1.82) is 0 Å². The molecule has 2 aliphatic rings. The van der Waals surface area contributed by atoms with Crippen LogP contribution in [0.4, 0.5) is 0 Å². The van der Waals surface area contributed by atoms with Crippen LogP contribution in [0.25, 0.3) is 0 Å². The van der Waals surface area contributed by atoms with Crippen LogP contribution in [-0.2, 0) is 20.8 Å². The lowest BCUT2D eigenvalue weighted by Gasteiger charge is -2.49. The molecule has 206 valence electrons. The molecule has 12 heteroatoms. The van der Waals surface area contributed by atoms with Gasteiger partial charge in [-0.2, -0.15) is 0 Å². The van der Waals surface area contributed by atoms with Crippen LogP contribution in [-0.4, -0.2) is 51.6 Å². The first kappa shape index (κ1) is 28.2. The molecule has 1 saturated heterocycles. The Labute approximate surface area is 248 Å². The summed E-state index contributed by atoms with van der Waals surface area (Å²) >= 11 is 19.7. The Balaban J connectivity index is 1.30. The molecule has 0 aromatic heterocycles. The number of ether oxygens (including phenoxy) is 2. The number of benzene rings is 3. The van der Waals surface area contributed by atoms with Crippen molar-refractivity contribution in [2.45, 2.75) is 17.8 Å². The van der Waals surface area contributed by atoms with Gasteiger partial charge in [0.2, 0.25) is 5.91 Å². The maximum Gasteiger partial charge on any atom is 0.352 e. The number of carbonyl (C=O) groups excluding carboxylic acids is 2.